The number of rotatable bonds is 17. The van der Waals surface area contributed by atoms with E-state index in [0.29, 0.717) is 5.56 Å². The number of aliphatic hydroxyl groups is 9. The van der Waals surface area contributed by atoms with Gasteiger partial charge in [-0.2, -0.15) is 0 Å². The highest BCUT2D eigenvalue weighted by atomic mass is 16.8. The molecular formula is C46H53O26+. The van der Waals surface area contributed by atoms with E-state index in [1.807, 2.05) is 0 Å². The van der Waals surface area contributed by atoms with Gasteiger partial charge in [0.1, 0.15) is 109 Å². The molecule has 3 saturated heterocycles. The number of benzene rings is 3. The van der Waals surface area contributed by atoms with Crippen LogP contribution in [0.4, 0.5) is 0 Å². The van der Waals surface area contributed by atoms with Crippen molar-refractivity contribution < 1.29 is 128 Å². The lowest BCUT2D eigenvalue weighted by atomic mass is 9.97. The topological polar surface area (TPSA) is 409 Å². The van der Waals surface area contributed by atoms with Crippen LogP contribution in [0.3, 0.4) is 0 Å². The van der Waals surface area contributed by atoms with Gasteiger partial charge in [-0.25, -0.2) is 4.79 Å². The van der Waals surface area contributed by atoms with Crippen LogP contribution in [0.1, 0.15) is 23.1 Å². The molecule has 3 aromatic carbocycles. The number of carbonyl (C=O) groups is 3. The number of aromatic hydroxyl groups is 3. The van der Waals surface area contributed by atoms with Gasteiger partial charge in [-0.3, -0.25) is 4.79 Å². The minimum atomic E-state index is -2.07. The molecule has 0 aliphatic carbocycles. The van der Waals surface area contributed by atoms with Crippen molar-refractivity contribution in [3.63, 3.8) is 0 Å². The number of esters is 2. The fourth-order valence-corrected chi connectivity index (χ4v) is 7.88. The van der Waals surface area contributed by atoms with Crippen molar-refractivity contribution in [2.45, 2.75) is 105 Å². The summed E-state index contributed by atoms with van der Waals surface area (Å²) >= 11 is 0. The molecule has 392 valence electrons. The van der Waals surface area contributed by atoms with E-state index in [1.165, 1.54) is 55.7 Å². The fraction of sp³-hybridized carbons (Fsp3) is 0.457. The summed E-state index contributed by atoms with van der Waals surface area (Å²) in [7, 11) is 1.33. The first-order chi connectivity index (χ1) is 34.3. The first-order valence-corrected chi connectivity index (χ1v) is 22.0. The predicted octanol–water partition coefficient (Wildman–Crippen LogP) is -3.61. The van der Waals surface area contributed by atoms with Gasteiger partial charge in [0.15, 0.2) is 29.7 Å². The van der Waals surface area contributed by atoms with E-state index in [0.717, 1.165) is 18.2 Å². The number of allylic oxidation sites excluding steroid dienone is 1. The molecule has 4 aliphatic heterocycles. The van der Waals surface area contributed by atoms with Crippen molar-refractivity contribution in [1.29, 1.82) is 0 Å². The summed E-state index contributed by atoms with van der Waals surface area (Å²) in [5.41, 5.74) is 0.649. The van der Waals surface area contributed by atoms with E-state index in [-0.39, 0.29) is 51.4 Å². The molecule has 72 heavy (non-hydrogen) atoms. The first kappa shape index (κ1) is 53.4. The van der Waals surface area contributed by atoms with E-state index in [9.17, 15) is 75.7 Å². The lowest BCUT2D eigenvalue weighted by Crippen LogP contribution is -2.64. The smallest absolute Gasteiger partial charge is 0.527 e. The molecular weight excluding hydrogens is 968 g/mol. The molecule has 4 aliphatic rings. The Kier molecular flexibility index (Phi) is 17.1. The average Bonchev–Trinajstić information content (AvgIpc) is 3.35. The number of methoxy groups -OCH3 is 1. The van der Waals surface area contributed by atoms with E-state index in [2.05, 4.69) is 0 Å². The van der Waals surface area contributed by atoms with Crippen molar-refractivity contribution in [2.75, 3.05) is 26.9 Å². The normalized spacial score (nSPS) is 31.5. The lowest BCUT2D eigenvalue weighted by Gasteiger charge is -2.46. The summed E-state index contributed by atoms with van der Waals surface area (Å²) < 4.78 is 57.2. The molecule has 0 unspecified atom stereocenters. The van der Waals surface area contributed by atoms with Crippen LogP contribution in [0.15, 0.2) is 66.4 Å². The largest absolute Gasteiger partial charge is 0.564 e. The van der Waals surface area contributed by atoms with Gasteiger partial charge >= 0.3 is 17.9 Å². The summed E-state index contributed by atoms with van der Waals surface area (Å²) in [4.78, 5) is 36.0. The summed E-state index contributed by atoms with van der Waals surface area (Å²) in [6.07, 6.45) is -27.1. The molecule has 0 aromatic heterocycles. The van der Waals surface area contributed by atoms with E-state index in [1.54, 1.807) is 0 Å². The monoisotopic (exact) mass is 1020 g/mol. The highest BCUT2D eigenvalue weighted by molar-refractivity contribution is 5.90. The van der Waals surface area contributed by atoms with Crippen molar-refractivity contribution in [3.8, 4) is 34.5 Å². The number of hydrogen-bond acceptors (Lipinski definition) is 25. The number of aliphatic hydroxyl groups excluding tert-OH is 9. The summed E-state index contributed by atoms with van der Waals surface area (Å²) in [6.45, 7) is -2.39. The second-order valence-electron chi connectivity index (χ2n) is 16.7. The Hall–Kier alpha value is -6.37. The van der Waals surface area contributed by atoms with Gasteiger partial charge in [0.2, 0.25) is 19.0 Å². The summed E-state index contributed by atoms with van der Waals surface area (Å²) in [5.74, 6) is -4.85. The Balaban J connectivity index is 1.20. The Bertz CT molecular complexity index is 2460. The third kappa shape index (κ3) is 12.1. The Morgan fingerprint density at radius 2 is 1.31 bits per heavy atom. The maximum absolute atomic E-state index is 12.9. The Labute approximate surface area is 406 Å². The second-order valence-corrected chi connectivity index (χ2v) is 16.7. The van der Waals surface area contributed by atoms with Crippen molar-refractivity contribution in [1.82, 2.24) is 0 Å². The molecule has 0 radical (unpaired) electrons. The standard InChI is InChI=1S/C46H52O26/c1-63-26-10-18(2-8-23(26)50)3-9-32(53)64-16-30-36(57)39(60)43(72-45-41(62)37(58)34(55)28(15-47)69-45)46(71-30)68-27-13-22-24(66-42(27)19-4-6-20(48)7-5-19)11-21(49)12-25(22)67-44-40(61)38(59)35(56)29(70-44)17-65-33(54)14-31(51)52/h2-12,28-30,34-41,43-50,55-62H,13-17H2,1H3,(H,51,52)/p+1/b9-3+/t28-,29-,30-,34-,35-,36-,37+,38+,39+,40-,41-,43-,44-,45+,46-/m1/s1. The van der Waals surface area contributed by atoms with E-state index < -0.39 is 148 Å². The number of carbonyl (C=O) groups excluding carboxylic acids is 3. The van der Waals surface area contributed by atoms with Crippen LogP contribution in [0.2, 0.25) is 0 Å². The van der Waals surface area contributed by atoms with Crippen LogP contribution in [0.5, 0.6) is 34.5 Å². The minimum absolute atomic E-state index is 0.0185. The van der Waals surface area contributed by atoms with Crippen LogP contribution < -0.4 is 14.2 Å². The first-order valence-electron chi connectivity index (χ1n) is 22.0. The molecule has 4 heterocycles. The second kappa shape index (κ2) is 23.0. The van der Waals surface area contributed by atoms with Gasteiger partial charge in [-0.15, -0.1) is 0 Å². The SMILES string of the molecule is COc1cc(/C=C/C(=O)OC[C@H]2O[C@@H](OC3=C(c4ccc(O)cc4)Oc4cc(O)cc(O[C@@H]5O[C@H](COC(=O)CC(=O)[OH2+])[C@@H](O)[C@H](O)[C@H]5O)c4C3)[C@H](O[C@@H]3O[C@H](CO)[C@@H](O)[C@H](O)[C@H]3O)[C@@H](O)[C@@H]2O)ccc1O. The molecule has 0 saturated carbocycles. The fourth-order valence-electron chi connectivity index (χ4n) is 7.88. The molecule has 7 rings (SSSR count). The molecule has 3 fully saturated rings. The quantitative estimate of drug-likeness (QED) is 0.0269. The highest BCUT2D eigenvalue weighted by Crippen LogP contribution is 2.45. The van der Waals surface area contributed by atoms with Gasteiger partial charge < -0.3 is 114 Å². The molecule has 26 heteroatoms. The van der Waals surface area contributed by atoms with Crippen LogP contribution in [-0.4, -0.2) is 203 Å². The molecule has 0 bridgehead atoms. The number of ether oxygens (including phenoxy) is 10. The van der Waals surface area contributed by atoms with Crippen molar-refractivity contribution >= 4 is 29.7 Å². The Morgan fingerprint density at radius 1 is 0.681 bits per heavy atom. The summed E-state index contributed by atoms with van der Waals surface area (Å²) in [5, 5.41) is 135. The van der Waals surface area contributed by atoms with Gasteiger partial charge in [0.05, 0.1) is 13.7 Å². The van der Waals surface area contributed by atoms with E-state index >= 15 is 0 Å². The molecule has 0 spiro atoms. The molecule has 15 atom stereocenters. The minimum Gasteiger partial charge on any atom is -0.564 e. The number of phenolic OH excluding ortho intramolecular Hbond substituents is 3. The van der Waals surface area contributed by atoms with Crippen LogP contribution >= 0.6 is 0 Å². The lowest BCUT2D eigenvalue weighted by molar-refractivity contribution is -0.363. The van der Waals surface area contributed by atoms with Crippen molar-refractivity contribution in [2.24, 2.45) is 0 Å². The molecule has 14 N–H and O–H groups in total. The third-order valence-corrected chi connectivity index (χ3v) is 11.8. The maximum Gasteiger partial charge on any atom is 0.527 e. The van der Waals surface area contributed by atoms with Gasteiger partial charge in [0.25, 0.3) is 0 Å². The van der Waals surface area contributed by atoms with Crippen molar-refractivity contribution in [3.05, 3.63) is 83.1 Å². The highest BCUT2D eigenvalue weighted by Gasteiger charge is 2.53. The van der Waals surface area contributed by atoms with Crippen LogP contribution in [0, 0.1) is 0 Å². The number of fused-ring (bicyclic) bond motifs is 1. The molecule has 26 nitrogen and oxygen atoms in total. The third-order valence-electron chi connectivity index (χ3n) is 11.8. The predicted molar refractivity (Wildman–Crippen MR) is 234 cm³/mol. The number of hydrogen-bond donors (Lipinski definition) is 12. The average molecular weight is 1020 g/mol. The maximum atomic E-state index is 12.9. The zero-order valence-corrected chi connectivity index (χ0v) is 37.7. The zero-order valence-electron chi connectivity index (χ0n) is 37.7. The van der Waals surface area contributed by atoms with Gasteiger partial charge in [-0.1, -0.05) is 6.07 Å². The van der Waals surface area contributed by atoms with E-state index in [4.69, 9.17) is 52.5 Å². The van der Waals surface area contributed by atoms with Gasteiger partial charge in [0, 0.05) is 40.6 Å². The summed E-state index contributed by atoms with van der Waals surface area (Å²) in [6, 6.07) is 11.8. The number of phenols is 3. The zero-order chi connectivity index (χ0) is 52.1. The van der Waals surface area contributed by atoms with Crippen LogP contribution in [-0.2, 0) is 54.0 Å². The molecule has 3 aromatic rings. The van der Waals surface area contributed by atoms with Gasteiger partial charge in [-0.05, 0) is 48.0 Å². The molecule has 0 amide bonds. The Morgan fingerprint density at radius 3 is 1.97 bits per heavy atom. The van der Waals surface area contributed by atoms with Crippen LogP contribution in [0.25, 0.3) is 11.8 Å².